The minimum Gasteiger partial charge on any atom is -0.393 e. The van der Waals surface area contributed by atoms with E-state index in [4.69, 9.17) is 10.4 Å². The summed E-state index contributed by atoms with van der Waals surface area (Å²) >= 11 is 0. The van der Waals surface area contributed by atoms with Crippen LogP contribution in [0.5, 0.6) is 0 Å². The summed E-state index contributed by atoms with van der Waals surface area (Å²) in [5, 5.41) is 17.8. The van der Waals surface area contributed by atoms with Crippen LogP contribution in [0.2, 0.25) is 0 Å². The number of nitrogens with zero attached hydrogens (tertiary/aromatic N) is 1. The van der Waals surface area contributed by atoms with Crippen LogP contribution in [0.15, 0.2) is 23.1 Å². The molecule has 0 aliphatic carbocycles. The molecule has 0 amide bonds. The molecule has 0 aromatic heterocycles. The standard InChI is InChI=1S/C12H15FN2O3S/c1-9(16)4-3-7-15-19(17,18)12-6-2-5-11(13)10(12)8-14/h2,5-6,9,15-16H,3-4,7H2,1H3. The quantitative estimate of drug-likeness (QED) is 0.767. The number of hydrogen-bond donors (Lipinski definition) is 2. The third-order valence-electron chi connectivity index (χ3n) is 2.47. The second kappa shape index (κ2) is 6.61. The van der Waals surface area contributed by atoms with Crippen molar-refractivity contribution in [1.29, 1.82) is 5.26 Å². The normalized spacial score (nSPS) is 12.9. The lowest BCUT2D eigenvalue weighted by Crippen LogP contribution is -2.26. The molecule has 0 saturated carbocycles. The van der Waals surface area contributed by atoms with Gasteiger partial charge < -0.3 is 5.11 Å². The lowest BCUT2D eigenvalue weighted by molar-refractivity contribution is 0.182. The van der Waals surface area contributed by atoms with Crippen LogP contribution in [0, 0.1) is 17.1 Å². The highest BCUT2D eigenvalue weighted by atomic mass is 32.2. The Kier molecular flexibility index (Phi) is 5.42. The molecule has 0 radical (unpaired) electrons. The molecule has 0 fully saturated rings. The number of halogens is 1. The predicted octanol–water partition coefficient (Wildman–Crippen LogP) is 1.14. The van der Waals surface area contributed by atoms with Gasteiger partial charge in [0.15, 0.2) is 0 Å². The van der Waals surface area contributed by atoms with E-state index in [1.807, 2.05) is 0 Å². The van der Waals surface area contributed by atoms with Crippen molar-refractivity contribution in [3.63, 3.8) is 0 Å². The Morgan fingerprint density at radius 2 is 2.21 bits per heavy atom. The first kappa shape index (κ1) is 15.6. The van der Waals surface area contributed by atoms with Crippen LogP contribution in [-0.2, 0) is 10.0 Å². The molecule has 104 valence electrons. The van der Waals surface area contributed by atoms with Crippen molar-refractivity contribution in [2.75, 3.05) is 6.54 Å². The van der Waals surface area contributed by atoms with Gasteiger partial charge in [-0.15, -0.1) is 0 Å². The first-order chi connectivity index (χ1) is 8.88. The van der Waals surface area contributed by atoms with Gasteiger partial charge in [-0.3, -0.25) is 0 Å². The average molecular weight is 286 g/mol. The van der Waals surface area contributed by atoms with E-state index in [1.54, 1.807) is 13.0 Å². The van der Waals surface area contributed by atoms with Crippen LogP contribution in [0.3, 0.4) is 0 Å². The first-order valence-electron chi connectivity index (χ1n) is 5.75. The van der Waals surface area contributed by atoms with Gasteiger partial charge in [0, 0.05) is 6.54 Å². The number of rotatable bonds is 6. The molecule has 1 unspecified atom stereocenters. The van der Waals surface area contributed by atoms with E-state index in [-0.39, 0.29) is 11.4 Å². The molecule has 2 N–H and O–H groups in total. The van der Waals surface area contributed by atoms with E-state index < -0.39 is 27.5 Å². The third-order valence-corrected chi connectivity index (χ3v) is 3.97. The van der Waals surface area contributed by atoms with Gasteiger partial charge in [0.1, 0.15) is 22.3 Å². The van der Waals surface area contributed by atoms with Crippen LogP contribution in [-0.4, -0.2) is 26.2 Å². The zero-order valence-electron chi connectivity index (χ0n) is 10.4. The molecule has 0 bridgehead atoms. The highest BCUT2D eigenvalue weighted by Crippen LogP contribution is 2.17. The van der Waals surface area contributed by atoms with Gasteiger partial charge in [-0.05, 0) is 31.9 Å². The van der Waals surface area contributed by atoms with Gasteiger partial charge in [0.05, 0.1) is 6.10 Å². The maximum absolute atomic E-state index is 13.3. The fourth-order valence-electron chi connectivity index (χ4n) is 1.52. The van der Waals surface area contributed by atoms with Crippen molar-refractivity contribution in [2.24, 2.45) is 0 Å². The molecule has 7 heteroatoms. The molecule has 1 atom stereocenters. The Bertz CT molecular complexity index is 579. The fourth-order valence-corrected chi connectivity index (χ4v) is 2.76. The highest BCUT2D eigenvalue weighted by molar-refractivity contribution is 7.89. The summed E-state index contributed by atoms with van der Waals surface area (Å²) in [4.78, 5) is -0.368. The van der Waals surface area contributed by atoms with Gasteiger partial charge in [-0.1, -0.05) is 6.07 Å². The van der Waals surface area contributed by atoms with Gasteiger partial charge >= 0.3 is 0 Å². The first-order valence-corrected chi connectivity index (χ1v) is 7.23. The number of hydrogen-bond acceptors (Lipinski definition) is 4. The second-order valence-electron chi connectivity index (χ2n) is 4.11. The number of sulfonamides is 1. The summed E-state index contributed by atoms with van der Waals surface area (Å²) in [6, 6.07) is 4.99. The molecule has 19 heavy (non-hydrogen) atoms. The van der Waals surface area contributed by atoms with Crippen molar-refractivity contribution in [2.45, 2.75) is 30.8 Å². The maximum atomic E-state index is 13.3. The SMILES string of the molecule is CC(O)CCCNS(=O)(=O)c1cccc(F)c1C#N. The molecule has 0 heterocycles. The highest BCUT2D eigenvalue weighted by Gasteiger charge is 2.20. The minimum absolute atomic E-state index is 0.120. The van der Waals surface area contributed by atoms with Gasteiger partial charge in [0.2, 0.25) is 10.0 Å². The topological polar surface area (TPSA) is 90.2 Å². The predicted molar refractivity (Wildman–Crippen MR) is 67.2 cm³/mol. The summed E-state index contributed by atoms with van der Waals surface area (Å²) < 4.78 is 39.4. The summed E-state index contributed by atoms with van der Waals surface area (Å²) in [5.41, 5.74) is -0.495. The second-order valence-corrected chi connectivity index (χ2v) is 5.85. The van der Waals surface area contributed by atoms with E-state index in [9.17, 15) is 12.8 Å². The molecule has 0 spiro atoms. The molecule has 1 rings (SSSR count). The van der Waals surface area contributed by atoms with Gasteiger partial charge in [-0.25, -0.2) is 17.5 Å². The van der Waals surface area contributed by atoms with Crippen LogP contribution < -0.4 is 4.72 Å². The van der Waals surface area contributed by atoms with Gasteiger partial charge in [0.25, 0.3) is 0 Å². The Hall–Kier alpha value is -1.49. The van der Waals surface area contributed by atoms with E-state index in [2.05, 4.69) is 4.72 Å². The van der Waals surface area contributed by atoms with Crippen LogP contribution in [0.1, 0.15) is 25.3 Å². The molecular weight excluding hydrogens is 271 g/mol. The lowest BCUT2D eigenvalue weighted by atomic mass is 10.2. The lowest BCUT2D eigenvalue weighted by Gasteiger charge is -2.09. The van der Waals surface area contributed by atoms with E-state index in [1.165, 1.54) is 12.1 Å². The number of nitrogens with one attached hydrogen (secondary N) is 1. The Morgan fingerprint density at radius 3 is 2.79 bits per heavy atom. The van der Waals surface area contributed by atoms with Crippen molar-refractivity contribution in [3.05, 3.63) is 29.6 Å². The molecule has 1 aromatic rings. The van der Waals surface area contributed by atoms with Crippen molar-refractivity contribution in [1.82, 2.24) is 4.72 Å². The largest absolute Gasteiger partial charge is 0.393 e. The number of aliphatic hydroxyl groups excluding tert-OH is 1. The number of aliphatic hydroxyl groups is 1. The van der Waals surface area contributed by atoms with Crippen molar-refractivity contribution < 1.29 is 17.9 Å². The van der Waals surface area contributed by atoms with E-state index in [0.717, 1.165) is 6.07 Å². The monoisotopic (exact) mass is 286 g/mol. The zero-order chi connectivity index (χ0) is 14.5. The van der Waals surface area contributed by atoms with Crippen LogP contribution in [0.4, 0.5) is 4.39 Å². The Labute approximate surface area is 111 Å². The van der Waals surface area contributed by atoms with Crippen molar-refractivity contribution >= 4 is 10.0 Å². The summed E-state index contributed by atoms with van der Waals surface area (Å²) in [7, 11) is -3.92. The molecule has 5 nitrogen and oxygen atoms in total. The summed E-state index contributed by atoms with van der Waals surface area (Å²) in [5.74, 6) is -0.866. The molecular formula is C12H15FN2O3S. The average Bonchev–Trinajstić information content (AvgIpc) is 2.34. The summed E-state index contributed by atoms with van der Waals surface area (Å²) in [6.07, 6.45) is 0.401. The molecule has 0 aliphatic rings. The number of nitriles is 1. The van der Waals surface area contributed by atoms with Gasteiger partial charge in [-0.2, -0.15) is 5.26 Å². The Morgan fingerprint density at radius 1 is 1.53 bits per heavy atom. The minimum atomic E-state index is -3.92. The fraction of sp³-hybridized carbons (Fsp3) is 0.417. The third kappa shape index (κ3) is 4.28. The molecule has 0 saturated heterocycles. The molecule has 1 aromatic carbocycles. The van der Waals surface area contributed by atoms with Crippen LogP contribution >= 0.6 is 0 Å². The van der Waals surface area contributed by atoms with E-state index >= 15 is 0 Å². The summed E-state index contributed by atoms with van der Waals surface area (Å²) in [6.45, 7) is 1.73. The molecule has 0 aliphatic heterocycles. The zero-order valence-corrected chi connectivity index (χ0v) is 11.2. The smallest absolute Gasteiger partial charge is 0.241 e. The Balaban J connectivity index is 2.84. The van der Waals surface area contributed by atoms with Crippen LogP contribution in [0.25, 0.3) is 0 Å². The van der Waals surface area contributed by atoms with E-state index in [0.29, 0.717) is 12.8 Å². The number of benzene rings is 1. The maximum Gasteiger partial charge on any atom is 0.241 e. The van der Waals surface area contributed by atoms with Crippen molar-refractivity contribution in [3.8, 4) is 6.07 Å².